The van der Waals surface area contributed by atoms with Crippen LogP contribution in [0.3, 0.4) is 0 Å². The first kappa shape index (κ1) is 29.5. The molecule has 1 rings (SSSR count). The first-order valence-corrected chi connectivity index (χ1v) is 10.4. The van der Waals surface area contributed by atoms with Crippen molar-refractivity contribution in [2.75, 3.05) is 0 Å². The molecule has 36 heavy (non-hydrogen) atoms. The average Bonchev–Trinajstić information content (AvgIpc) is 3.27. The van der Waals surface area contributed by atoms with Crippen LogP contribution in [0.5, 0.6) is 0 Å². The van der Waals surface area contributed by atoms with Crippen molar-refractivity contribution < 1.29 is 48.9 Å². The predicted octanol–water partition coefficient (Wildman–Crippen LogP) is -3.97. The van der Waals surface area contributed by atoms with Crippen LogP contribution in [-0.4, -0.2) is 91.0 Å². The molecular formula is C19H27N7O10. The van der Waals surface area contributed by atoms with Gasteiger partial charge in [0.1, 0.15) is 18.1 Å². The van der Waals surface area contributed by atoms with Crippen LogP contribution in [0.2, 0.25) is 0 Å². The van der Waals surface area contributed by atoms with Gasteiger partial charge in [-0.15, -0.1) is 0 Å². The third-order valence-corrected chi connectivity index (χ3v) is 4.64. The molecule has 1 aromatic heterocycles. The number of aromatic nitrogens is 2. The standard InChI is InChI=1S/C19H27N7O10/c20-9(3-8-6-22-7-23-8)16(32)25-12(5-15(30)31)18(34)26-11(4-13(21)27)17(33)24-10(19(35)36)1-2-14(28)29/h6-7,9-12H,1-5,20H2,(H2,21,27)(H,22,23)(H,24,33)(H,25,32)(H,26,34)(H,28,29)(H,30,31)(H,35,36). The predicted molar refractivity (Wildman–Crippen MR) is 117 cm³/mol. The van der Waals surface area contributed by atoms with Crippen LogP contribution in [-0.2, 0) is 40.0 Å². The Morgan fingerprint density at radius 1 is 0.861 bits per heavy atom. The fraction of sp³-hybridized carbons (Fsp3) is 0.474. The summed E-state index contributed by atoms with van der Waals surface area (Å²) < 4.78 is 0. The molecule has 0 bridgehead atoms. The number of nitrogens with two attached hydrogens (primary N) is 2. The minimum absolute atomic E-state index is 0.0210. The van der Waals surface area contributed by atoms with Crippen molar-refractivity contribution in [3.05, 3.63) is 18.2 Å². The summed E-state index contributed by atoms with van der Waals surface area (Å²) in [6.07, 6.45) is -0.1000. The fourth-order valence-electron chi connectivity index (χ4n) is 2.87. The van der Waals surface area contributed by atoms with E-state index in [2.05, 4.69) is 20.6 Å². The Morgan fingerprint density at radius 2 is 1.42 bits per heavy atom. The van der Waals surface area contributed by atoms with Gasteiger partial charge < -0.3 is 47.7 Å². The molecular weight excluding hydrogens is 486 g/mol. The van der Waals surface area contributed by atoms with Gasteiger partial charge in [0.25, 0.3) is 0 Å². The maximum Gasteiger partial charge on any atom is 0.326 e. The van der Waals surface area contributed by atoms with Gasteiger partial charge in [-0.1, -0.05) is 0 Å². The molecule has 0 saturated heterocycles. The number of nitrogens with zero attached hydrogens (tertiary/aromatic N) is 1. The zero-order chi connectivity index (χ0) is 27.4. The minimum atomic E-state index is -1.76. The molecule has 0 radical (unpaired) electrons. The van der Waals surface area contributed by atoms with Gasteiger partial charge in [-0.25, -0.2) is 9.78 Å². The summed E-state index contributed by atoms with van der Waals surface area (Å²) in [5.74, 6) is -8.76. The van der Waals surface area contributed by atoms with Crippen LogP contribution in [0.4, 0.5) is 0 Å². The molecule has 4 amide bonds. The molecule has 4 unspecified atom stereocenters. The Balaban J connectivity index is 2.96. The Hall–Kier alpha value is -4.54. The molecule has 0 aliphatic heterocycles. The van der Waals surface area contributed by atoms with Crippen molar-refractivity contribution in [2.24, 2.45) is 11.5 Å². The monoisotopic (exact) mass is 513 g/mol. The second-order valence-corrected chi connectivity index (χ2v) is 7.61. The van der Waals surface area contributed by atoms with E-state index in [0.717, 1.165) is 0 Å². The Labute approximate surface area is 203 Å². The zero-order valence-electron chi connectivity index (χ0n) is 18.8. The number of carbonyl (C=O) groups excluding carboxylic acids is 4. The number of hydrogen-bond donors (Lipinski definition) is 9. The molecule has 0 saturated carbocycles. The highest BCUT2D eigenvalue weighted by Crippen LogP contribution is 2.04. The number of aliphatic carboxylic acids is 3. The number of H-pyrrole nitrogens is 1. The molecule has 1 heterocycles. The number of hydrogen-bond acceptors (Lipinski definition) is 9. The van der Waals surface area contributed by atoms with Gasteiger partial charge in [-0.2, -0.15) is 0 Å². The van der Waals surface area contributed by atoms with Gasteiger partial charge in [0.05, 0.1) is 25.2 Å². The summed E-state index contributed by atoms with van der Waals surface area (Å²) in [6.45, 7) is 0. The number of carboxylic acid groups (broad SMARTS) is 3. The van der Waals surface area contributed by atoms with Gasteiger partial charge in [-0.3, -0.25) is 28.8 Å². The van der Waals surface area contributed by atoms with Gasteiger partial charge in [-0.05, 0) is 6.42 Å². The lowest BCUT2D eigenvalue weighted by Gasteiger charge is -2.24. The summed E-state index contributed by atoms with van der Waals surface area (Å²) in [7, 11) is 0. The Morgan fingerprint density at radius 3 is 1.89 bits per heavy atom. The summed E-state index contributed by atoms with van der Waals surface area (Å²) in [4.78, 5) is 88.8. The van der Waals surface area contributed by atoms with E-state index in [9.17, 15) is 38.7 Å². The topological polar surface area (TPSA) is 297 Å². The van der Waals surface area contributed by atoms with Gasteiger partial charge in [0.2, 0.25) is 23.6 Å². The van der Waals surface area contributed by atoms with E-state index in [0.29, 0.717) is 5.69 Å². The average molecular weight is 513 g/mol. The lowest BCUT2D eigenvalue weighted by atomic mass is 10.1. The molecule has 0 fully saturated rings. The molecule has 4 atom stereocenters. The van der Waals surface area contributed by atoms with E-state index in [1.165, 1.54) is 12.5 Å². The lowest BCUT2D eigenvalue weighted by molar-refractivity contribution is -0.144. The molecule has 0 aliphatic carbocycles. The van der Waals surface area contributed by atoms with Crippen LogP contribution in [0.1, 0.15) is 31.4 Å². The van der Waals surface area contributed by atoms with Gasteiger partial charge in [0.15, 0.2) is 0 Å². The van der Waals surface area contributed by atoms with Crippen molar-refractivity contribution in [1.82, 2.24) is 25.9 Å². The lowest BCUT2D eigenvalue weighted by Crippen LogP contribution is -2.58. The van der Waals surface area contributed by atoms with E-state index < -0.39 is 91.4 Å². The first-order valence-electron chi connectivity index (χ1n) is 10.4. The second-order valence-electron chi connectivity index (χ2n) is 7.61. The molecule has 0 aromatic carbocycles. The number of carboxylic acids is 3. The van der Waals surface area contributed by atoms with Crippen molar-refractivity contribution in [2.45, 2.75) is 56.3 Å². The maximum atomic E-state index is 12.7. The molecule has 198 valence electrons. The molecule has 17 nitrogen and oxygen atoms in total. The Bertz CT molecular complexity index is 981. The molecule has 17 heteroatoms. The number of carbonyl (C=O) groups is 7. The highest BCUT2D eigenvalue weighted by atomic mass is 16.4. The molecule has 1 aromatic rings. The van der Waals surface area contributed by atoms with Crippen molar-refractivity contribution in [3.63, 3.8) is 0 Å². The molecule has 0 aliphatic rings. The van der Waals surface area contributed by atoms with E-state index in [-0.39, 0.29) is 6.42 Å². The normalized spacial score (nSPS) is 13.9. The van der Waals surface area contributed by atoms with Crippen LogP contribution < -0.4 is 27.4 Å². The van der Waals surface area contributed by atoms with Gasteiger partial charge in [0, 0.05) is 24.7 Å². The van der Waals surface area contributed by atoms with Crippen LogP contribution >= 0.6 is 0 Å². The third-order valence-electron chi connectivity index (χ3n) is 4.64. The van der Waals surface area contributed by atoms with Crippen LogP contribution in [0, 0.1) is 0 Å². The van der Waals surface area contributed by atoms with E-state index in [1.807, 2.05) is 5.32 Å². The van der Waals surface area contributed by atoms with E-state index in [1.54, 1.807) is 0 Å². The molecule has 0 spiro atoms. The highest BCUT2D eigenvalue weighted by molar-refractivity contribution is 5.97. The second kappa shape index (κ2) is 14.0. The van der Waals surface area contributed by atoms with Crippen LogP contribution in [0.25, 0.3) is 0 Å². The summed E-state index contributed by atoms with van der Waals surface area (Å²) in [5.41, 5.74) is 11.4. The quantitative estimate of drug-likeness (QED) is 0.102. The Kier molecular flexibility index (Phi) is 11.5. The summed E-state index contributed by atoms with van der Waals surface area (Å²) >= 11 is 0. The molecule has 11 N–H and O–H groups in total. The first-order chi connectivity index (χ1) is 16.8. The SMILES string of the molecule is NC(=O)CC(NC(=O)C(CC(=O)O)NC(=O)C(N)Cc1cnc[nH]1)C(=O)NC(CCC(=O)O)C(=O)O. The number of primary amides is 1. The zero-order valence-corrected chi connectivity index (χ0v) is 18.8. The third kappa shape index (κ3) is 10.6. The van der Waals surface area contributed by atoms with Crippen molar-refractivity contribution >= 4 is 41.5 Å². The van der Waals surface area contributed by atoms with Crippen molar-refractivity contribution in [1.29, 1.82) is 0 Å². The van der Waals surface area contributed by atoms with Crippen LogP contribution in [0.15, 0.2) is 12.5 Å². The highest BCUT2D eigenvalue weighted by Gasteiger charge is 2.32. The van der Waals surface area contributed by atoms with E-state index in [4.69, 9.17) is 21.7 Å². The largest absolute Gasteiger partial charge is 0.481 e. The minimum Gasteiger partial charge on any atom is -0.481 e. The van der Waals surface area contributed by atoms with Crippen molar-refractivity contribution in [3.8, 4) is 0 Å². The fourth-order valence-corrected chi connectivity index (χ4v) is 2.87. The van der Waals surface area contributed by atoms with E-state index >= 15 is 0 Å². The number of imidazole rings is 1. The number of nitrogens with one attached hydrogen (secondary N) is 4. The number of aromatic amines is 1. The number of rotatable bonds is 16. The summed E-state index contributed by atoms with van der Waals surface area (Å²) in [5, 5.41) is 33.2. The number of amides is 4. The summed E-state index contributed by atoms with van der Waals surface area (Å²) in [6, 6.07) is -6.36. The maximum absolute atomic E-state index is 12.7. The van der Waals surface area contributed by atoms with Gasteiger partial charge >= 0.3 is 17.9 Å². The smallest absolute Gasteiger partial charge is 0.326 e.